The Morgan fingerprint density at radius 1 is 1.03 bits per heavy atom. The van der Waals surface area contributed by atoms with Gasteiger partial charge in [0.05, 0.1) is 13.7 Å². The van der Waals surface area contributed by atoms with Gasteiger partial charge in [-0.1, -0.05) is 44.2 Å². The molecule has 0 fully saturated rings. The fraction of sp³-hybridized carbons (Fsp3) is 0.440. The molecule has 0 radical (unpaired) electrons. The van der Waals surface area contributed by atoms with Crippen molar-refractivity contribution in [2.24, 2.45) is 0 Å². The molecule has 31 heavy (non-hydrogen) atoms. The van der Waals surface area contributed by atoms with Crippen molar-refractivity contribution in [3.63, 3.8) is 0 Å². The number of hydrogen-bond donors (Lipinski definition) is 1. The van der Waals surface area contributed by atoms with Crippen molar-refractivity contribution in [2.45, 2.75) is 52.1 Å². The predicted octanol–water partition coefficient (Wildman–Crippen LogP) is 4.19. The van der Waals surface area contributed by atoms with E-state index < -0.39 is 6.04 Å². The SMILES string of the molecule is CCCNC(=O)[C@@H](CC)N(Cc1cccc(OC)c1)C(=O)CCCOc1ccccc1. The quantitative estimate of drug-likeness (QED) is 0.488. The van der Waals surface area contributed by atoms with Crippen molar-refractivity contribution in [3.05, 3.63) is 60.2 Å². The van der Waals surface area contributed by atoms with Crippen molar-refractivity contribution < 1.29 is 19.1 Å². The zero-order valence-electron chi connectivity index (χ0n) is 18.8. The van der Waals surface area contributed by atoms with Gasteiger partial charge in [0.1, 0.15) is 17.5 Å². The van der Waals surface area contributed by atoms with Crippen molar-refractivity contribution in [1.29, 1.82) is 0 Å². The molecule has 168 valence electrons. The summed E-state index contributed by atoms with van der Waals surface area (Å²) in [4.78, 5) is 27.6. The number of carbonyl (C=O) groups is 2. The van der Waals surface area contributed by atoms with Crippen molar-refractivity contribution in [2.75, 3.05) is 20.3 Å². The average molecular weight is 427 g/mol. The Morgan fingerprint density at radius 2 is 1.77 bits per heavy atom. The molecule has 2 amide bonds. The van der Waals surface area contributed by atoms with Gasteiger partial charge in [-0.15, -0.1) is 0 Å². The van der Waals surface area contributed by atoms with Crippen LogP contribution in [0.15, 0.2) is 54.6 Å². The molecule has 0 aliphatic heterocycles. The van der Waals surface area contributed by atoms with Crippen LogP contribution in [0.2, 0.25) is 0 Å². The van der Waals surface area contributed by atoms with Gasteiger partial charge in [0.2, 0.25) is 11.8 Å². The molecule has 0 saturated carbocycles. The first-order valence-corrected chi connectivity index (χ1v) is 11.0. The largest absolute Gasteiger partial charge is 0.497 e. The Balaban J connectivity index is 2.06. The fourth-order valence-corrected chi connectivity index (χ4v) is 3.33. The summed E-state index contributed by atoms with van der Waals surface area (Å²) in [6.07, 6.45) is 2.29. The minimum Gasteiger partial charge on any atom is -0.497 e. The number of amides is 2. The second-order valence-corrected chi connectivity index (χ2v) is 7.35. The average Bonchev–Trinajstić information content (AvgIpc) is 2.81. The summed E-state index contributed by atoms with van der Waals surface area (Å²) >= 11 is 0. The number of methoxy groups -OCH3 is 1. The van der Waals surface area contributed by atoms with Gasteiger partial charge >= 0.3 is 0 Å². The van der Waals surface area contributed by atoms with Crippen LogP contribution in [0.1, 0.15) is 45.1 Å². The van der Waals surface area contributed by atoms with Crippen LogP contribution in [-0.4, -0.2) is 43.0 Å². The van der Waals surface area contributed by atoms with Crippen LogP contribution >= 0.6 is 0 Å². The third-order valence-electron chi connectivity index (χ3n) is 4.97. The summed E-state index contributed by atoms with van der Waals surface area (Å²) in [5.74, 6) is 1.34. The zero-order valence-corrected chi connectivity index (χ0v) is 18.8. The molecule has 2 aromatic carbocycles. The normalized spacial score (nSPS) is 11.5. The maximum Gasteiger partial charge on any atom is 0.242 e. The summed E-state index contributed by atoms with van der Waals surface area (Å²) in [7, 11) is 1.61. The lowest BCUT2D eigenvalue weighted by Crippen LogP contribution is -2.49. The van der Waals surface area contributed by atoms with E-state index in [4.69, 9.17) is 9.47 Å². The summed E-state index contributed by atoms with van der Waals surface area (Å²) in [5.41, 5.74) is 0.926. The maximum atomic E-state index is 13.2. The van der Waals surface area contributed by atoms with Crippen molar-refractivity contribution in [3.8, 4) is 11.5 Å². The molecule has 1 atom stereocenters. The van der Waals surface area contributed by atoms with Gasteiger partial charge in [0.25, 0.3) is 0 Å². The fourth-order valence-electron chi connectivity index (χ4n) is 3.33. The van der Waals surface area contributed by atoms with E-state index in [9.17, 15) is 9.59 Å². The van der Waals surface area contributed by atoms with E-state index in [2.05, 4.69) is 5.32 Å². The van der Waals surface area contributed by atoms with Gasteiger partial charge in [0, 0.05) is 19.5 Å². The first kappa shape index (κ1) is 24.3. The molecule has 2 aromatic rings. The third-order valence-corrected chi connectivity index (χ3v) is 4.97. The van der Waals surface area contributed by atoms with E-state index in [1.165, 1.54) is 0 Å². The van der Waals surface area contributed by atoms with Crippen molar-refractivity contribution >= 4 is 11.8 Å². The Kier molecular flexibility index (Phi) is 10.4. The van der Waals surface area contributed by atoms with E-state index in [-0.39, 0.29) is 11.8 Å². The Morgan fingerprint density at radius 3 is 2.45 bits per heavy atom. The van der Waals surface area contributed by atoms with Crippen LogP contribution in [0.25, 0.3) is 0 Å². The predicted molar refractivity (Wildman–Crippen MR) is 122 cm³/mol. The number of rotatable bonds is 13. The molecule has 0 unspecified atom stereocenters. The monoisotopic (exact) mass is 426 g/mol. The first-order valence-electron chi connectivity index (χ1n) is 11.0. The van der Waals surface area contributed by atoms with E-state index in [0.29, 0.717) is 39.0 Å². The van der Waals surface area contributed by atoms with Gasteiger partial charge in [-0.2, -0.15) is 0 Å². The Hall–Kier alpha value is -3.02. The number of ether oxygens (including phenoxy) is 2. The molecule has 0 aromatic heterocycles. The molecule has 0 spiro atoms. The number of carbonyl (C=O) groups excluding carboxylic acids is 2. The highest BCUT2D eigenvalue weighted by Gasteiger charge is 2.28. The molecular weight excluding hydrogens is 392 g/mol. The molecule has 0 heterocycles. The molecule has 1 N–H and O–H groups in total. The van der Waals surface area contributed by atoms with E-state index in [1.807, 2.05) is 68.4 Å². The van der Waals surface area contributed by atoms with Crippen LogP contribution < -0.4 is 14.8 Å². The number of benzene rings is 2. The molecule has 2 rings (SSSR count). The van der Waals surface area contributed by atoms with Crippen LogP contribution in [0.4, 0.5) is 0 Å². The number of hydrogen-bond acceptors (Lipinski definition) is 4. The van der Waals surface area contributed by atoms with Gasteiger partial charge in [-0.05, 0) is 49.1 Å². The highest BCUT2D eigenvalue weighted by molar-refractivity contribution is 5.87. The van der Waals surface area contributed by atoms with Gasteiger partial charge in [-0.25, -0.2) is 0 Å². The topological polar surface area (TPSA) is 67.9 Å². The summed E-state index contributed by atoms with van der Waals surface area (Å²) in [6.45, 7) is 5.34. The molecule has 0 saturated heterocycles. The summed E-state index contributed by atoms with van der Waals surface area (Å²) in [6, 6.07) is 16.6. The second kappa shape index (κ2) is 13.3. The Labute approximate surface area is 185 Å². The van der Waals surface area contributed by atoms with E-state index in [0.717, 1.165) is 23.5 Å². The summed E-state index contributed by atoms with van der Waals surface area (Å²) < 4.78 is 11.0. The van der Waals surface area contributed by atoms with Gasteiger partial charge in [-0.3, -0.25) is 9.59 Å². The lowest BCUT2D eigenvalue weighted by atomic mass is 10.1. The van der Waals surface area contributed by atoms with Crippen LogP contribution in [-0.2, 0) is 16.1 Å². The van der Waals surface area contributed by atoms with Crippen LogP contribution in [0.3, 0.4) is 0 Å². The van der Waals surface area contributed by atoms with Crippen molar-refractivity contribution in [1.82, 2.24) is 10.2 Å². The number of para-hydroxylation sites is 1. The molecule has 0 aliphatic carbocycles. The minimum absolute atomic E-state index is 0.0574. The molecule has 0 bridgehead atoms. The standard InChI is InChI=1S/C25H34N2O4/c1-4-16-26-25(29)23(5-2)27(19-20-11-9-14-22(18-20)30-3)24(28)15-10-17-31-21-12-7-6-8-13-21/h6-9,11-14,18,23H,4-5,10,15-17,19H2,1-3H3,(H,26,29)/t23-/m1/s1. The summed E-state index contributed by atoms with van der Waals surface area (Å²) in [5, 5.41) is 2.93. The smallest absolute Gasteiger partial charge is 0.242 e. The number of nitrogens with zero attached hydrogens (tertiary/aromatic N) is 1. The second-order valence-electron chi connectivity index (χ2n) is 7.35. The van der Waals surface area contributed by atoms with Crippen LogP contribution in [0.5, 0.6) is 11.5 Å². The lowest BCUT2D eigenvalue weighted by Gasteiger charge is -2.31. The number of nitrogens with one attached hydrogen (secondary N) is 1. The van der Waals surface area contributed by atoms with Gasteiger partial charge < -0.3 is 19.7 Å². The zero-order chi connectivity index (χ0) is 22.5. The highest BCUT2D eigenvalue weighted by Crippen LogP contribution is 2.18. The lowest BCUT2D eigenvalue weighted by molar-refractivity contribution is -0.141. The molecule has 6 heteroatoms. The highest BCUT2D eigenvalue weighted by atomic mass is 16.5. The molecule has 0 aliphatic rings. The van der Waals surface area contributed by atoms with E-state index >= 15 is 0 Å². The third kappa shape index (κ3) is 7.96. The Bertz CT molecular complexity index is 810. The van der Waals surface area contributed by atoms with Crippen LogP contribution in [0, 0.1) is 0 Å². The van der Waals surface area contributed by atoms with E-state index in [1.54, 1.807) is 12.0 Å². The first-order chi connectivity index (χ1) is 15.1. The minimum atomic E-state index is -0.514. The maximum absolute atomic E-state index is 13.2. The molecular formula is C25H34N2O4. The van der Waals surface area contributed by atoms with Gasteiger partial charge in [0.15, 0.2) is 0 Å². The molecule has 6 nitrogen and oxygen atoms in total.